The van der Waals surface area contributed by atoms with E-state index in [4.69, 9.17) is 16.6 Å². The maximum absolute atomic E-state index is 13.3. The number of hydrogen-bond donors (Lipinski definition) is 0. The van der Waals surface area contributed by atoms with Crippen molar-refractivity contribution in [3.8, 4) is 0 Å². The molecule has 0 aliphatic rings. The summed E-state index contributed by atoms with van der Waals surface area (Å²) in [7, 11) is 1.69. The zero-order valence-electron chi connectivity index (χ0n) is 19.0. The van der Waals surface area contributed by atoms with Crippen LogP contribution >= 0.6 is 23.4 Å². The predicted octanol–water partition coefficient (Wildman–Crippen LogP) is 4.28. The van der Waals surface area contributed by atoms with Crippen molar-refractivity contribution in [2.75, 3.05) is 0 Å². The van der Waals surface area contributed by atoms with Gasteiger partial charge in [0.1, 0.15) is 5.82 Å². The van der Waals surface area contributed by atoms with Crippen molar-refractivity contribution in [1.29, 1.82) is 0 Å². The highest BCUT2D eigenvalue weighted by Gasteiger charge is 2.17. The standard InChI is InChI=1S/C24H23ClN6O2S/c1-14(2)10-11-30-22(33)16-9-8-15(25)12-18(16)26-24(30)34-13-20-27-28-23-29(3)21(32)17-6-4-5-7-19(17)31(20)23/h4-9,12,14H,10-11,13H2,1-3H3. The van der Waals surface area contributed by atoms with Gasteiger partial charge in [0.25, 0.3) is 11.1 Å². The summed E-state index contributed by atoms with van der Waals surface area (Å²) in [6, 6.07) is 12.6. The predicted molar refractivity (Wildman–Crippen MR) is 136 cm³/mol. The Morgan fingerprint density at radius 2 is 1.82 bits per heavy atom. The molecule has 0 bridgehead atoms. The molecule has 0 fully saturated rings. The molecule has 8 nitrogen and oxygen atoms in total. The molecule has 0 saturated carbocycles. The molecule has 3 heterocycles. The number of rotatable bonds is 6. The summed E-state index contributed by atoms with van der Waals surface area (Å²) in [6.07, 6.45) is 0.856. The van der Waals surface area contributed by atoms with E-state index >= 15 is 0 Å². The smallest absolute Gasteiger partial charge is 0.262 e. The van der Waals surface area contributed by atoms with Crippen molar-refractivity contribution >= 4 is 50.9 Å². The van der Waals surface area contributed by atoms with Gasteiger partial charge in [-0.25, -0.2) is 4.98 Å². The minimum Gasteiger partial charge on any atom is -0.287 e. The van der Waals surface area contributed by atoms with Gasteiger partial charge in [0.2, 0.25) is 5.78 Å². The number of nitrogens with zero attached hydrogens (tertiary/aromatic N) is 6. The van der Waals surface area contributed by atoms with E-state index in [1.54, 1.807) is 35.9 Å². The van der Waals surface area contributed by atoms with Gasteiger partial charge in [-0.05, 0) is 42.7 Å². The van der Waals surface area contributed by atoms with Gasteiger partial charge in [0.05, 0.1) is 27.6 Å². The number of aromatic nitrogens is 6. The molecule has 0 spiro atoms. The Labute approximate surface area is 204 Å². The van der Waals surface area contributed by atoms with Crippen LogP contribution in [0.5, 0.6) is 0 Å². The monoisotopic (exact) mass is 494 g/mol. The van der Waals surface area contributed by atoms with Crippen molar-refractivity contribution < 1.29 is 0 Å². The summed E-state index contributed by atoms with van der Waals surface area (Å²) in [4.78, 5) is 30.8. The van der Waals surface area contributed by atoms with Crippen molar-refractivity contribution in [3.63, 3.8) is 0 Å². The summed E-state index contributed by atoms with van der Waals surface area (Å²) in [5, 5.41) is 10.9. The van der Waals surface area contributed by atoms with Crippen LogP contribution in [0.1, 0.15) is 26.1 Å². The van der Waals surface area contributed by atoms with E-state index in [1.165, 1.54) is 16.3 Å². The fourth-order valence-corrected chi connectivity index (χ4v) is 5.09. The third kappa shape index (κ3) is 3.88. The minimum atomic E-state index is -0.120. The van der Waals surface area contributed by atoms with Crippen LogP contribution in [-0.4, -0.2) is 28.7 Å². The van der Waals surface area contributed by atoms with Gasteiger partial charge in [-0.1, -0.05) is 49.3 Å². The lowest BCUT2D eigenvalue weighted by atomic mass is 10.1. The molecule has 3 aromatic heterocycles. The van der Waals surface area contributed by atoms with E-state index in [2.05, 4.69) is 24.0 Å². The van der Waals surface area contributed by atoms with Gasteiger partial charge in [-0.15, -0.1) is 10.2 Å². The number of fused-ring (bicyclic) bond motifs is 4. The van der Waals surface area contributed by atoms with Crippen LogP contribution in [0.4, 0.5) is 0 Å². The molecule has 174 valence electrons. The number of halogens is 1. The van der Waals surface area contributed by atoms with Crippen molar-refractivity contribution in [1.82, 2.24) is 28.7 Å². The Morgan fingerprint density at radius 3 is 2.62 bits per heavy atom. The Hall–Kier alpha value is -3.17. The molecule has 0 unspecified atom stereocenters. The quantitative estimate of drug-likeness (QED) is 0.258. The van der Waals surface area contributed by atoms with Gasteiger partial charge >= 0.3 is 0 Å². The second-order valence-electron chi connectivity index (χ2n) is 8.62. The molecule has 0 aliphatic heterocycles. The lowest BCUT2D eigenvalue weighted by Crippen LogP contribution is -2.24. The first-order valence-corrected chi connectivity index (χ1v) is 12.4. The number of thioether (sulfide) groups is 1. The summed E-state index contributed by atoms with van der Waals surface area (Å²) < 4.78 is 5.12. The molecule has 34 heavy (non-hydrogen) atoms. The highest BCUT2D eigenvalue weighted by atomic mass is 35.5. The lowest BCUT2D eigenvalue weighted by Gasteiger charge is -2.14. The first-order chi connectivity index (χ1) is 16.3. The van der Waals surface area contributed by atoms with Crippen LogP contribution in [0.2, 0.25) is 5.02 Å². The van der Waals surface area contributed by atoms with E-state index in [1.807, 2.05) is 22.6 Å². The number of aryl methyl sites for hydroxylation is 1. The van der Waals surface area contributed by atoms with E-state index < -0.39 is 0 Å². The van der Waals surface area contributed by atoms with Gasteiger partial charge in [0.15, 0.2) is 5.16 Å². The van der Waals surface area contributed by atoms with Crippen molar-refractivity contribution in [2.45, 2.75) is 37.7 Å². The number of benzene rings is 2. The minimum absolute atomic E-state index is 0.0798. The van der Waals surface area contributed by atoms with Crippen LogP contribution in [0.15, 0.2) is 57.2 Å². The van der Waals surface area contributed by atoms with E-state index in [-0.39, 0.29) is 11.1 Å². The summed E-state index contributed by atoms with van der Waals surface area (Å²) in [6.45, 7) is 4.83. The molecule has 0 N–H and O–H groups in total. The van der Waals surface area contributed by atoms with Gasteiger partial charge < -0.3 is 0 Å². The van der Waals surface area contributed by atoms with Crippen molar-refractivity contribution in [2.24, 2.45) is 13.0 Å². The normalized spacial score (nSPS) is 11.9. The Bertz CT molecular complexity index is 1670. The zero-order chi connectivity index (χ0) is 24.0. The topological polar surface area (TPSA) is 87.1 Å². The zero-order valence-corrected chi connectivity index (χ0v) is 20.6. The lowest BCUT2D eigenvalue weighted by molar-refractivity contribution is 0.481. The van der Waals surface area contributed by atoms with Crippen LogP contribution < -0.4 is 11.1 Å². The van der Waals surface area contributed by atoms with Gasteiger partial charge in [-0.2, -0.15) is 0 Å². The highest BCUT2D eigenvalue weighted by molar-refractivity contribution is 7.98. The molecular formula is C24H23ClN6O2S. The van der Waals surface area contributed by atoms with E-state index in [0.717, 1.165) is 11.9 Å². The largest absolute Gasteiger partial charge is 0.287 e. The maximum Gasteiger partial charge on any atom is 0.262 e. The molecule has 2 aromatic carbocycles. The molecule has 0 aliphatic carbocycles. The second kappa shape index (κ2) is 8.88. The van der Waals surface area contributed by atoms with Crippen LogP contribution in [0.25, 0.3) is 27.6 Å². The van der Waals surface area contributed by atoms with Crippen LogP contribution in [0, 0.1) is 5.92 Å². The summed E-state index contributed by atoms with van der Waals surface area (Å²) in [5.41, 5.74) is 1.12. The van der Waals surface area contributed by atoms with Crippen LogP contribution in [-0.2, 0) is 19.3 Å². The fraction of sp³-hybridized carbons (Fsp3) is 0.292. The third-order valence-electron chi connectivity index (χ3n) is 5.84. The van der Waals surface area contributed by atoms with Gasteiger partial charge in [-0.3, -0.25) is 23.1 Å². The van der Waals surface area contributed by atoms with E-state index in [9.17, 15) is 9.59 Å². The van der Waals surface area contributed by atoms with Crippen LogP contribution in [0.3, 0.4) is 0 Å². The van der Waals surface area contributed by atoms with E-state index in [0.29, 0.717) is 56.3 Å². The summed E-state index contributed by atoms with van der Waals surface area (Å²) >= 11 is 7.59. The first kappa shape index (κ1) is 22.6. The average molecular weight is 495 g/mol. The second-order valence-corrected chi connectivity index (χ2v) is 10.00. The Kier molecular flexibility index (Phi) is 5.91. The third-order valence-corrected chi connectivity index (χ3v) is 7.04. The highest BCUT2D eigenvalue weighted by Crippen LogP contribution is 2.25. The van der Waals surface area contributed by atoms with Crippen molar-refractivity contribution in [3.05, 3.63) is 74.0 Å². The number of para-hydroxylation sites is 1. The molecule has 0 saturated heterocycles. The Morgan fingerprint density at radius 1 is 1.03 bits per heavy atom. The first-order valence-electron chi connectivity index (χ1n) is 11.0. The SMILES string of the molecule is CC(C)CCn1c(SCc2nnc3n(C)c(=O)c4ccccc4n23)nc2cc(Cl)ccc2c1=O. The molecule has 0 amide bonds. The molecular weight excluding hydrogens is 472 g/mol. The molecule has 5 aromatic rings. The van der Waals surface area contributed by atoms with Gasteiger partial charge in [0, 0.05) is 18.6 Å². The molecule has 0 radical (unpaired) electrons. The summed E-state index contributed by atoms with van der Waals surface area (Å²) in [5.74, 6) is 2.00. The fourth-order valence-electron chi connectivity index (χ4n) is 3.98. The number of hydrogen-bond acceptors (Lipinski definition) is 6. The Balaban J connectivity index is 1.61. The molecule has 5 rings (SSSR count). The average Bonchev–Trinajstić information content (AvgIpc) is 3.24. The molecule has 0 atom stereocenters. The maximum atomic E-state index is 13.3. The molecule has 10 heteroatoms.